The summed E-state index contributed by atoms with van der Waals surface area (Å²) in [7, 11) is 0. The van der Waals surface area contributed by atoms with E-state index in [0.29, 0.717) is 17.3 Å². The van der Waals surface area contributed by atoms with Crippen molar-refractivity contribution in [3.05, 3.63) is 59.7 Å². The maximum atomic E-state index is 11.6. The molecule has 23 heavy (non-hydrogen) atoms. The smallest absolute Gasteiger partial charge is 0.338 e. The third-order valence-corrected chi connectivity index (χ3v) is 3.50. The maximum Gasteiger partial charge on any atom is 0.338 e. The fourth-order valence-corrected chi connectivity index (χ4v) is 2.37. The first-order valence-corrected chi connectivity index (χ1v) is 7.98. The van der Waals surface area contributed by atoms with Crippen LogP contribution in [0.15, 0.2) is 48.5 Å². The average Bonchev–Trinajstić information content (AvgIpc) is 2.56. The van der Waals surface area contributed by atoms with Crippen molar-refractivity contribution in [2.24, 2.45) is 0 Å². The predicted octanol–water partition coefficient (Wildman–Crippen LogP) is 4.23. The quantitative estimate of drug-likeness (QED) is 0.635. The summed E-state index contributed by atoms with van der Waals surface area (Å²) in [4.78, 5) is 11.6. The third-order valence-electron chi connectivity index (χ3n) is 3.30. The summed E-state index contributed by atoms with van der Waals surface area (Å²) in [5.74, 6) is -0.323. The molecule has 0 aliphatic rings. The van der Waals surface area contributed by atoms with Crippen LogP contribution in [0.25, 0.3) is 0 Å². The van der Waals surface area contributed by atoms with Gasteiger partial charge >= 0.3 is 5.97 Å². The number of para-hydroxylation sites is 1. The molecular formula is C18H20N2O2S. The minimum atomic E-state index is -0.323. The number of hydrogen-bond donors (Lipinski definition) is 2. The van der Waals surface area contributed by atoms with Crippen LogP contribution in [0.1, 0.15) is 29.8 Å². The van der Waals surface area contributed by atoms with Gasteiger partial charge in [-0.3, -0.25) is 0 Å². The van der Waals surface area contributed by atoms with E-state index in [9.17, 15) is 4.79 Å². The van der Waals surface area contributed by atoms with Crippen LogP contribution in [0.5, 0.6) is 0 Å². The third kappa shape index (κ3) is 4.79. The molecule has 0 fully saturated rings. The highest BCUT2D eigenvalue weighted by molar-refractivity contribution is 7.80. The number of benzene rings is 2. The van der Waals surface area contributed by atoms with Crippen molar-refractivity contribution in [1.82, 2.24) is 0 Å². The van der Waals surface area contributed by atoms with E-state index in [2.05, 4.69) is 23.6 Å². The number of esters is 1. The highest BCUT2D eigenvalue weighted by atomic mass is 32.1. The molecule has 0 unspecified atom stereocenters. The molecular weight excluding hydrogens is 308 g/mol. The topological polar surface area (TPSA) is 50.4 Å². The zero-order valence-electron chi connectivity index (χ0n) is 13.3. The van der Waals surface area contributed by atoms with E-state index in [0.717, 1.165) is 17.8 Å². The number of carbonyl (C=O) groups excluding carboxylic acids is 1. The van der Waals surface area contributed by atoms with Crippen molar-refractivity contribution in [2.75, 3.05) is 17.2 Å². The van der Waals surface area contributed by atoms with E-state index in [1.54, 1.807) is 31.2 Å². The molecule has 0 heterocycles. The zero-order chi connectivity index (χ0) is 16.7. The van der Waals surface area contributed by atoms with Crippen molar-refractivity contribution in [2.45, 2.75) is 20.3 Å². The first-order chi connectivity index (χ1) is 11.1. The van der Waals surface area contributed by atoms with E-state index < -0.39 is 0 Å². The molecule has 0 bridgehead atoms. The van der Waals surface area contributed by atoms with Gasteiger partial charge in [-0.05, 0) is 61.5 Å². The number of aryl methyl sites for hydroxylation is 1. The van der Waals surface area contributed by atoms with Gasteiger partial charge in [-0.2, -0.15) is 0 Å². The summed E-state index contributed by atoms with van der Waals surface area (Å²) in [5, 5.41) is 6.81. The Labute approximate surface area is 141 Å². The first kappa shape index (κ1) is 17.0. The minimum Gasteiger partial charge on any atom is -0.462 e. The van der Waals surface area contributed by atoms with Crippen LogP contribution in [0, 0.1) is 0 Å². The lowest BCUT2D eigenvalue weighted by molar-refractivity contribution is 0.0526. The van der Waals surface area contributed by atoms with Gasteiger partial charge in [-0.25, -0.2) is 4.79 Å². The Bertz CT molecular complexity index is 684. The number of carbonyl (C=O) groups is 1. The first-order valence-electron chi connectivity index (χ1n) is 7.57. The van der Waals surface area contributed by atoms with Gasteiger partial charge in [0.25, 0.3) is 0 Å². The molecule has 0 aliphatic carbocycles. The Hall–Kier alpha value is -2.40. The second kappa shape index (κ2) is 8.29. The van der Waals surface area contributed by atoms with Crippen LogP contribution in [0.3, 0.4) is 0 Å². The van der Waals surface area contributed by atoms with Gasteiger partial charge in [-0.1, -0.05) is 25.1 Å². The van der Waals surface area contributed by atoms with Gasteiger partial charge in [0.2, 0.25) is 0 Å². The maximum absolute atomic E-state index is 11.6. The zero-order valence-corrected chi connectivity index (χ0v) is 14.1. The summed E-state index contributed by atoms with van der Waals surface area (Å²) >= 11 is 5.34. The van der Waals surface area contributed by atoms with Gasteiger partial charge in [0, 0.05) is 11.4 Å². The summed E-state index contributed by atoms with van der Waals surface area (Å²) in [6, 6.07) is 15.1. The largest absolute Gasteiger partial charge is 0.462 e. The average molecular weight is 328 g/mol. The van der Waals surface area contributed by atoms with Crippen LogP contribution in [0.4, 0.5) is 11.4 Å². The van der Waals surface area contributed by atoms with Crippen molar-refractivity contribution in [3.8, 4) is 0 Å². The minimum absolute atomic E-state index is 0.323. The number of thiocarbonyl (C=S) groups is 1. The molecule has 2 N–H and O–H groups in total. The summed E-state index contributed by atoms with van der Waals surface area (Å²) in [6.07, 6.45) is 0.931. The van der Waals surface area contributed by atoms with Crippen molar-refractivity contribution in [1.29, 1.82) is 0 Å². The number of nitrogens with one attached hydrogen (secondary N) is 2. The van der Waals surface area contributed by atoms with E-state index in [-0.39, 0.29) is 5.97 Å². The lowest BCUT2D eigenvalue weighted by Crippen LogP contribution is -2.19. The molecule has 120 valence electrons. The number of anilines is 2. The highest BCUT2D eigenvalue weighted by Crippen LogP contribution is 2.16. The molecule has 0 spiro atoms. The summed E-state index contributed by atoms with van der Waals surface area (Å²) in [5.41, 5.74) is 3.53. The van der Waals surface area contributed by atoms with Gasteiger partial charge in [-0.15, -0.1) is 0 Å². The molecule has 0 atom stereocenters. The van der Waals surface area contributed by atoms with E-state index >= 15 is 0 Å². The molecule has 2 aromatic carbocycles. The van der Waals surface area contributed by atoms with Gasteiger partial charge in [0.15, 0.2) is 5.11 Å². The highest BCUT2D eigenvalue weighted by Gasteiger charge is 2.07. The van der Waals surface area contributed by atoms with E-state index in [1.165, 1.54) is 5.56 Å². The van der Waals surface area contributed by atoms with Crippen LogP contribution in [-0.4, -0.2) is 17.7 Å². The molecule has 2 aromatic rings. The Kier molecular flexibility index (Phi) is 6.11. The van der Waals surface area contributed by atoms with Gasteiger partial charge in [0.05, 0.1) is 12.2 Å². The van der Waals surface area contributed by atoms with Crippen molar-refractivity contribution >= 4 is 34.7 Å². The number of rotatable bonds is 5. The molecule has 0 amide bonds. The number of ether oxygens (including phenoxy) is 1. The van der Waals surface area contributed by atoms with E-state index in [4.69, 9.17) is 17.0 Å². The Morgan fingerprint density at radius 3 is 2.39 bits per heavy atom. The second-order valence-corrected chi connectivity index (χ2v) is 5.30. The molecule has 4 nitrogen and oxygen atoms in total. The molecule has 0 saturated carbocycles. The molecule has 0 radical (unpaired) electrons. The van der Waals surface area contributed by atoms with Crippen LogP contribution in [0.2, 0.25) is 0 Å². The predicted molar refractivity (Wildman–Crippen MR) is 98.1 cm³/mol. The SMILES string of the molecule is CCOC(=O)c1ccc(NC(=S)Nc2ccccc2CC)cc1. The lowest BCUT2D eigenvalue weighted by Gasteiger charge is -2.13. The van der Waals surface area contributed by atoms with Crippen molar-refractivity contribution < 1.29 is 9.53 Å². The molecule has 0 aromatic heterocycles. The molecule has 0 saturated heterocycles. The van der Waals surface area contributed by atoms with Gasteiger partial charge in [0.1, 0.15) is 0 Å². The Balaban J connectivity index is 1.99. The van der Waals surface area contributed by atoms with Crippen LogP contribution in [-0.2, 0) is 11.2 Å². The Morgan fingerprint density at radius 1 is 1.04 bits per heavy atom. The summed E-state index contributed by atoms with van der Waals surface area (Å²) in [6.45, 7) is 4.25. The standard InChI is InChI=1S/C18H20N2O2S/c1-3-13-7-5-6-8-16(13)20-18(23)19-15-11-9-14(10-12-15)17(21)22-4-2/h5-12H,3-4H2,1-2H3,(H2,19,20,23). The molecule has 2 rings (SSSR count). The van der Waals surface area contributed by atoms with Crippen LogP contribution >= 0.6 is 12.2 Å². The van der Waals surface area contributed by atoms with Crippen LogP contribution < -0.4 is 10.6 Å². The van der Waals surface area contributed by atoms with Gasteiger partial charge < -0.3 is 15.4 Å². The lowest BCUT2D eigenvalue weighted by atomic mass is 10.1. The van der Waals surface area contributed by atoms with E-state index in [1.807, 2.05) is 18.2 Å². The fraction of sp³-hybridized carbons (Fsp3) is 0.222. The molecule has 5 heteroatoms. The van der Waals surface area contributed by atoms with Crippen molar-refractivity contribution in [3.63, 3.8) is 0 Å². The Morgan fingerprint density at radius 2 is 1.74 bits per heavy atom. The normalized spacial score (nSPS) is 10.0. The summed E-state index contributed by atoms with van der Waals surface area (Å²) < 4.78 is 4.96. The second-order valence-electron chi connectivity index (χ2n) is 4.89. The fourth-order valence-electron chi connectivity index (χ4n) is 2.14. The number of hydrogen-bond acceptors (Lipinski definition) is 3. The molecule has 0 aliphatic heterocycles. The monoisotopic (exact) mass is 328 g/mol.